The highest BCUT2D eigenvalue weighted by Crippen LogP contribution is 2.30. The highest BCUT2D eigenvalue weighted by Gasteiger charge is 2.30. The monoisotopic (exact) mass is 287 g/mol. The van der Waals surface area contributed by atoms with E-state index in [0.29, 0.717) is 12.0 Å². The van der Waals surface area contributed by atoms with Gasteiger partial charge in [-0.3, -0.25) is 4.79 Å². The molecule has 1 N–H and O–H groups in total. The Morgan fingerprint density at radius 2 is 1.85 bits per heavy atom. The maximum Gasteiger partial charge on any atom is 0.416 e. The van der Waals surface area contributed by atoms with Crippen molar-refractivity contribution < 1.29 is 18.0 Å². The first-order valence-electron chi connectivity index (χ1n) is 6.45. The Morgan fingerprint density at radius 1 is 1.25 bits per heavy atom. The molecule has 1 amide bonds. The summed E-state index contributed by atoms with van der Waals surface area (Å²) in [6, 6.07) is 4.57. The Hall–Kier alpha value is -1.52. The zero-order valence-corrected chi connectivity index (χ0v) is 12.1. The predicted octanol–water partition coefficient (Wildman–Crippen LogP) is 4.32. The Kier molecular flexibility index (Phi) is 4.84. The van der Waals surface area contributed by atoms with Gasteiger partial charge in [-0.05, 0) is 30.0 Å². The summed E-state index contributed by atoms with van der Waals surface area (Å²) in [7, 11) is 0. The van der Waals surface area contributed by atoms with Gasteiger partial charge in [-0.15, -0.1) is 0 Å². The van der Waals surface area contributed by atoms with Crippen molar-refractivity contribution in [3.8, 4) is 0 Å². The van der Waals surface area contributed by atoms with Crippen LogP contribution in [0.5, 0.6) is 0 Å². The zero-order chi connectivity index (χ0) is 15.6. The lowest BCUT2D eigenvalue weighted by atomic mass is 9.91. The minimum atomic E-state index is -4.37. The van der Waals surface area contributed by atoms with Crippen LogP contribution in [0.4, 0.5) is 13.2 Å². The molecule has 0 aliphatic rings. The van der Waals surface area contributed by atoms with Crippen molar-refractivity contribution in [2.45, 2.75) is 46.3 Å². The fourth-order valence-electron chi connectivity index (χ4n) is 1.84. The summed E-state index contributed by atoms with van der Waals surface area (Å²) in [5, 5.41) is 2.73. The van der Waals surface area contributed by atoms with Gasteiger partial charge in [0.25, 0.3) is 0 Å². The summed E-state index contributed by atoms with van der Waals surface area (Å²) in [6.07, 6.45) is -4.04. The van der Waals surface area contributed by atoms with E-state index in [1.54, 1.807) is 13.0 Å². The lowest BCUT2D eigenvalue weighted by molar-refractivity contribution is -0.137. The summed E-state index contributed by atoms with van der Waals surface area (Å²) >= 11 is 0. The third-order valence-corrected chi connectivity index (χ3v) is 2.78. The number of nitrogens with one attached hydrogen (secondary N) is 1. The Balaban J connectivity index is 2.78. The van der Waals surface area contributed by atoms with Crippen LogP contribution in [0.15, 0.2) is 24.3 Å². The molecule has 0 aliphatic heterocycles. The number of halogens is 3. The molecule has 1 atom stereocenters. The van der Waals surface area contributed by atoms with Crippen molar-refractivity contribution in [2.24, 2.45) is 5.41 Å². The highest BCUT2D eigenvalue weighted by atomic mass is 19.4. The number of carbonyl (C=O) groups is 1. The van der Waals surface area contributed by atoms with Crippen LogP contribution >= 0.6 is 0 Å². The van der Waals surface area contributed by atoms with Crippen LogP contribution in [0.3, 0.4) is 0 Å². The smallest absolute Gasteiger partial charge is 0.350 e. The van der Waals surface area contributed by atoms with Gasteiger partial charge in [-0.25, -0.2) is 0 Å². The van der Waals surface area contributed by atoms with Crippen molar-refractivity contribution in [3.05, 3.63) is 35.4 Å². The van der Waals surface area contributed by atoms with Crippen molar-refractivity contribution in [3.63, 3.8) is 0 Å². The second-order valence-electron chi connectivity index (χ2n) is 6.15. The Bertz CT molecular complexity index is 475. The zero-order valence-electron chi connectivity index (χ0n) is 12.1. The molecule has 5 heteroatoms. The third-order valence-electron chi connectivity index (χ3n) is 2.78. The van der Waals surface area contributed by atoms with Gasteiger partial charge >= 0.3 is 6.18 Å². The maximum atomic E-state index is 12.6. The molecule has 112 valence electrons. The summed E-state index contributed by atoms with van der Waals surface area (Å²) < 4.78 is 37.9. The van der Waals surface area contributed by atoms with Gasteiger partial charge in [0.2, 0.25) is 5.91 Å². The maximum absolute atomic E-state index is 12.6. The molecule has 1 aromatic rings. The average molecular weight is 287 g/mol. The quantitative estimate of drug-likeness (QED) is 0.881. The standard InChI is InChI=1S/C15H20F3NO/c1-10(19-13(20)9-14(2,3)4)11-6-5-7-12(8-11)15(16,17)18/h5-8,10H,9H2,1-4H3,(H,19,20). The number of carbonyl (C=O) groups excluding carboxylic acids is 1. The Labute approximate surface area is 117 Å². The number of alkyl halides is 3. The highest BCUT2D eigenvalue weighted by molar-refractivity contribution is 5.77. The van der Waals surface area contributed by atoms with Crippen LogP contribution in [-0.2, 0) is 11.0 Å². The lowest BCUT2D eigenvalue weighted by Crippen LogP contribution is -2.30. The van der Waals surface area contributed by atoms with Crippen molar-refractivity contribution in [1.29, 1.82) is 0 Å². The molecule has 0 aromatic heterocycles. The first-order chi connectivity index (χ1) is 8.99. The van der Waals surface area contributed by atoms with Crippen LogP contribution in [-0.4, -0.2) is 5.91 Å². The number of benzene rings is 1. The number of rotatable bonds is 3. The molecule has 0 fully saturated rings. The summed E-state index contributed by atoms with van der Waals surface area (Å²) in [6.45, 7) is 7.47. The fraction of sp³-hybridized carbons (Fsp3) is 0.533. The van der Waals surface area contributed by atoms with E-state index in [-0.39, 0.29) is 11.3 Å². The third kappa shape index (κ3) is 5.23. The molecule has 0 radical (unpaired) electrons. The molecular formula is C15H20F3NO. The van der Waals surface area contributed by atoms with Crippen LogP contribution < -0.4 is 5.32 Å². The van der Waals surface area contributed by atoms with E-state index < -0.39 is 17.8 Å². The molecule has 1 unspecified atom stereocenters. The first kappa shape index (κ1) is 16.5. The molecule has 20 heavy (non-hydrogen) atoms. The molecule has 0 saturated heterocycles. The number of amides is 1. The van der Waals surface area contributed by atoms with E-state index in [0.717, 1.165) is 12.1 Å². The van der Waals surface area contributed by atoms with E-state index >= 15 is 0 Å². The summed E-state index contributed by atoms with van der Waals surface area (Å²) in [5.41, 5.74) is -0.411. The average Bonchev–Trinajstić information content (AvgIpc) is 2.25. The molecule has 0 bridgehead atoms. The molecule has 0 spiro atoms. The van der Waals surface area contributed by atoms with Gasteiger partial charge in [0.1, 0.15) is 0 Å². The molecular weight excluding hydrogens is 267 g/mol. The predicted molar refractivity (Wildman–Crippen MR) is 72.1 cm³/mol. The van der Waals surface area contributed by atoms with Gasteiger partial charge in [0.15, 0.2) is 0 Å². The van der Waals surface area contributed by atoms with Gasteiger partial charge in [0.05, 0.1) is 11.6 Å². The molecule has 1 rings (SSSR count). The molecule has 0 heterocycles. The molecule has 1 aromatic carbocycles. The summed E-state index contributed by atoms with van der Waals surface area (Å²) in [4.78, 5) is 11.8. The van der Waals surface area contributed by atoms with E-state index in [1.807, 2.05) is 20.8 Å². The van der Waals surface area contributed by atoms with Crippen LogP contribution in [0.1, 0.15) is 51.3 Å². The van der Waals surface area contributed by atoms with Gasteiger partial charge in [-0.1, -0.05) is 32.9 Å². The normalized spacial score (nSPS) is 13.9. The van der Waals surface area contributed by atoms with Crippen LogP contribution in [0.2, 0.25) is 0 Å². The minimum Gasteiger partial charge on any atom is -0.350 e. The van der Waals surface area contributed by atoms with E-state index in [2.05, 4.69) is 5.32 Å². The van der Waals surface area contributed by atoms with Gasteiger partial charge in [0, 0.05) is 6.42 Å². The van der Waals surface area contributed by atoms with Crippen molar-refractivity contribution in [1.82, 2.24) is 5.32 Å². The number of hydrogen-bond acceptors (Lipinski definition) is 1. The largest absolute Gasteiger partial charge is 0.416 e. The van der Waals surface area contributed by atoms with Gasteiger partial charge in [-0.2, -0.15) is 13.2 Å². The summed E-state index contributed by atoms with van der Waals surface area (Å²) in [5.74, 6) is -0.164. The van der Waals surface area contributed by atoms with E-state index in [4.69, 9.17) is 0 Å². The Morgan fingerprint density at radius 3 is 2.35 bits per heavy atom. The first-order valence-corrected chi connectivity index (χ1v) is 6.45. The van der Waals surface area contributed by atoms with Crippen LogP contribution in [0.25, 0.3) is 0 Å². The van der Waals surface area contributed by atoms with Crippen molar-refractivity contribution >= 4 is 5.91 Å². The van der Waals surface area contributed by atoms with Gasteiger partial charge < -0.3 is 5.32 Å². The second-order valence-corrected chi connectivity index (χ2v) is 6.15. The van der Waals surface area contributed by atoms with Crippen LogP contribution in [0, 0.1) is 5.41 Å². The second kappa shape index (κ2) is 5.85. The molecule has 2 nitrogen and oxygen atoms in total. The molecule has 0 aliphatic carbocycles. The topological polar surface area (TPSA) is 29.1 Å². The number of hydrogen-bond donors (Lipinski definition) is 1. The minimum absolute atomic E-state index is 0.155. The van der Waals surface area contributed by atoms with E-state index in [1.165, 1.54) is 6.07 Å². The SMILES string of the molecule is CC(NC(=O)CC(C)(C)C)c1cccc(C(F)(F)F)c1. The molecule has 0 saturated carbocycles. The fourth-order valence-corrected chi connectivity index (χ4v) is 1.84. The van der Waals surface area contributed by atoms with E-state index in [9.17, 15) is 18.0 Å². The van der Waals surface area contributed by atoms with Crippen molar-refractivity contribution in [2.75, 3.05) is 0 Å². The lowest BCUT2D eigenvalue weighted by Gasteiger charge is -2.21.